The maximum absolute atomic E-state index is 13.8. The van der Waals surface area contributed by atoms with E-state index in [9.17, 15) is 9.90 Å². The highest BCUT2D eigenvalue weighted by Gasteiger charge is 2.44. The molecule has 0 saturated carbocycles. The van der Waals surface area contributed by atoms with Crippen molar-refractivity contribution in [1.29, 1.82) is 0 Å². The Hall–Kier alpha value is -1.83. The van der Waals surface area contributed by atoms with Gasteiger partial charge in [-0.05, 0) is 35.2 Å². The number of carbonyl (C=O) groups excluding carboxylic acids is 1. The van der Waals surface area contributed by atoms with Crippen molar-refractivity contribution in [2.75, 3.05) is 6.61 Å². The monoisotopic (exact) mass is 486 g/mol. The summed E-state index contributed by atoms with van der Waals surface area (Å²) in [5.74, 6) is -0.409. The molecule has 0 aliphatic rings. The van der Waals surface area contributed by atoms with Crippen molar-refractivity contribution in [2.24, 2.45) is 5.92 Å². The molecule has 5 nitrogen and oxygen atoms in total. The summed E-state index contributed by atoms with van der Waals surface area (Å²) < 4.78 is 18.5. The highest BCUT2D eigenvalue weighted by Crippen LogP contribution is 2.38. The normalized spacial score (nSPS) is 15.2. The molecule has 0 fully saturated rings. The molecule has 0 spiro atoms. The lowest BCUT2D eigenvalue weighted by Gasteiger charge is -2.41. The number of Topliss-reactive ketones (excluding diaryl/α,β-unsaturated/α-hetero) is 1. The predicted molar refractivity (Wildman–Crippen MR) is 139 cm³/mol. The van der Waals surface area contributed by atoms with Gasteiger partial charge in [0.05, 0.1) is 25.9 Å². The third-order valence-electron chi connectivity index (χ3n) is 6.49. The van der Waals surface area contributed by atoms with E-state index in [1.54, 1.807) is 0 Å². The van der Waals surface area contributed by atoms with Crippen LogP contribution in [0.4, 0.5) is 0 Å². The molecule has 0 bridgehead atoms. The van der Waals surface area contributed by atoms with Crippen LogP contribution in [0.15, 0.2) is 60.7 Å². The van der Waals surface area contributed by atoms with E-state index in [1.165, 1.54) is 0 Å². The third kappa shape index (κ3) is 8.43. The van der Waals surface area contributed by atoms with Crippen molar-refractivity contribution in [2.45, 2.75) is 84.3 Å². The fraction of sp³-hybridized carbons (Fsp3) is 0.536. The Morgan fingerprint density at radius 3 is 1.88 bits per heavy atom. The number of carbonyl (C=O) groups is 1. The Morgan fingerprint density at radius 1 is 0.912 bits per heavy atom. The number of hydrogen-bond acceptors (Lipinski definition) is 5. The molecule has 0 aliphatic carbocycles. The summed E-state index contributed by atoms with van der Waals surface area (Å²) in [6, 6.07) is 19.6. The molecule has 0 aromatic heterocycles. The molecule has 0 heterocycles. The third-order valence-corrected chi connectivity index (χ3v) is 10.9. The van der Waals surface area contributed by atoms with Crippen molar-refractivity contribution in [1.82, 2.24) is 0 Å². The molecule has 2 aromatic carbocycles. The predicted octanol–water partition coefficient (Wildman–Crippen LogP) is 5.77. The van der Waals surface area contributed by atoms with Gasteiger partial charge in [-0.2, -0.15) is 0 Å². The Balaban J connectivity index is 2.23. The van der Waals surface area contributed by atoms with Crippen molar-refractivity contribution in [3.8, 4) is 0 Å². The molecule has 1 N–H and O–H groups in total. The maximum Gasteiger partial charge on any atom is 0.193 e. The Kier molecular flexibility index (Phi) is 10.7. The van der Waals surface area contributed by atoms with Gasteiger partial charge in [0.1, 0.15) is 12.2 Å². The number of rotatable bonds is 13. The summed E-state index contributed by atoms with van der Waals surface area (Å²) in [5.41, 5.74) is 1.99. The molecule has 6 heteroatoms. The van der Waals surface area contributed by atoms with Gasteiger partial charge in [0, 0.05) is 0 Å². The highest BCUT2D eigenvalue weighted by molar-refractivity contribution is 6.74. The first kappa shape index (κ1) is 28.4. The van der Waals surface area contributed by atoms with Crippen molar-refractivity contribution in [3.05, 3.63) is 71.8 Å². The fourth-order valence-electron chi connectivity index (χ4n) is 3.16. The van der Waals surface area contributed by atoms with Crippen LogP contribution in [0.2, 0.25) is 18.1 Å². The van der Waals surface area contributed by atoms with Crippen LogP contribution in [-0.2, 0) is 31.9 Å². The molecule has 34 heavy (non-hydrogen) atoms. The minimum absolute atomic E-state index is 0.0861. The molecule has 0 aliphatic heterocycles. The topological polar surface area (TPSA) is 65.0 Å². The average Bonchev–Trinajstić information content (AvgIpc) is 2.79. The van der Waals surface area contributed by atoms with Gasteiger partial charge >= 0.3 is 0 Å². The molecular formula is C28H42O5Si. The minimum atomic E-state index is -2.33. The molecule has 2 aromatic rings. The Labute approximate surface area is 206 Å². The summed E-state index contributed by atoms with van der Waals surface area (Å²) in [6.45, 7) is 15.1. The number of aliphatic hydroxyl groups excluding tert-OH is 1. The summed E-state index contributed by atoms with van der Waals surface area (Å²) >= 11 is 0. The second-order valence-electron chi connectivity index (χ2n) is 10.7. The molecule has 3 atom stereocenters. The van der Waals surface area contributed by atoms with E-state index in [2.05, 4.69) is 33.9 Å². The number of hydrogen-bond donors (Lipinski definition) is 1. The van der Waals surface area contributed by atoms with E-state index in [0.29, 0.717) is 6.61 Å². The van der Waals surface area contributed by atoms with Gasteiger partial charge in [-0.3, -0.25) is 4.79 Å². The number of aliphatic hydroxyl groups is 1. The quantitative estimate of drug-likeness (QED) is 0.364. The lowest BCUT2D eigenvalue weighted by Crippen LogP contribution is -2.54. The fourth-order valence-corrected chi connectivity index (χ4v) is 4.41. The summed E-state index contributed by atoms with van der Waals surface area (Å²) in [7, 11) is -2.33. The van der Waals surface area contributed by atoms with Gasteiger partial charge in [-0.25, -0.2) is 0 Å². The molecule has 0 saturated heterocycles. The minimum Gasteiger partial charge on any atom is -0.404 e. The maximum atomic E-state index is 13.8. The van der Waals surface area contributed by atoms with Crippen LogP contribution >= 0.6 is 0 Å². The molecule has 0 radical (unpaired) electrons. The van der Waals surface area contributed by atoms with Gasteiger partial charge < -0.3 is 19.0 Å². The summed E-state index contributed by atoms with van der Waals surface area (Å²) in [4.78, 5) is 13.8. The Bertz CT molecular complexity index is 861. The van der Waals surface area contributed by atoms with E-state index in [4.69, 9.17) is 13.9 Å². The number of ether oxygens (including phenoxy) is 2. The first-order valence-electron chi connectivity index (χ1n) is 12.1. The number of ketones is 1. The zero-order valence-electron chi connectivity index (χ0n) is 21.8. The largest absolute Gasteiger partial charge is 0.404 e. The van der Waals surface area contributed by atoms with Gasteiger partial charge in [-0.1, -0.05) is 95.3 Å². The standard InChI is InChI=1S/C28H42O5Si/c1-21(2)25(29)27(33-34(6,7)28(3,4)5)26(30)24(32-19-23-16-12-9-13-17-23)20-31-18-22-14-10-8-11-15-22/h8-17,21,24-25,27,29H,18-20H2,1-7H3/t24-,25?,27+/m0/s1. The molecule has 0 amide bonds. The van der Waals surface area contributed by atoms with Gasteiger partial charge in [-0.15, -0.1) is 0 Å². The van der Waals surface area contributed by atoms with Gasteiger partial charge in [0.25, 0.3) is 0 Å². The van der Waals surface area contributed by atoms with Crippen molar-refractivity contribution >= 4 is 14.1 Å². The van der Waals surface area contributed by atoms with E-state index < -0.39 is 26.6 Å². The lowest BCUT2D eigenvalue weighted by atomic mass is 9.96. The van der Waals surface area contributed by atoms with Crippen LogP contribution in [0.5, 0.6) is 0 Å². The molecule has 2 rings (SSSR count). The van der Waals surface area contributed by atoms with Crippen molar-refractivity contribution < 1.29 is 23.8 Å². The zero-order valence-corrected chi connectivity index (χ0v) is 22.8. The van der Waals surface area contributed by atoms with Gasteiger partial charge in [0.15, 0.2) is 14.1 Å². The van der Waals surface area contributed by atoms with Crippen LogP contribution < -0.4 is 0 Å². The van der Waals surface area contributed by atoms with Crippen LogP contribution in [0.3, 0.4) is 0 Å². The first-order valence-corrected chi connectivity index (χ1v) is 15.0. The van der Waals surface area contributed by atoms with Crippen LogP contribution in [0.1, 0.15) is 45.7 Å². The van der Waals surface area contributed by atoms with E-state index >= 15 is 0 Å². The average molecular weight is 487 g/mol. The summed E-state index contributed by atoms with van der Waals surface area (Å²) in [5, 5.41) is 10.9. The zero-order chi connectivity index (χ0) is 25.4. The van der Waals surface area contributed by atoms with E-state index in [-0.39, 0.29) is 30.0 Å². The van der Waals surface area contributed by atoms with Crippen LogP contribution in [-0.4, -0.2) is 44.1 Å². The molecular weight excluding hydrogens is 444 g/mol. The first-order chi connectivity index (χ1) is 15.9. The lowest BCUT2D eigenvalue weighted by molar-refractivity contribution is -0.150. The highest BCUT2D eigenvalue weighted by atomic mass is 28.4. The second-order valence-corrected chi connectivity index (χ2v) is 15.5. The SMILES string of the molecule is CC(C)C(O)[C@@H](O[Si](C)(C)C(C)(C)C)C(=O)[C@H](COCc1ccccc1)OCc1ccccc1. The van der Waals surface area contributed by atoms with Crippen molar-refractivity contribution in [3.63, 3.8) is 0 Å². The molecule has 1 unspecified atom stereocenters. The summed E-state index contributed by atoms with van der Waals surface area (Å²) in [6.07, 6.45) is -2.76. The Morgan fingerprint density at radius 2 is 1.41 bits per heavy atom. The van der Waals surface area contributed by atoms with E-state index in [0.717, 1.165) is 11.1 Å². The van der Waals surface area contributed by atoms with Crippen LogP contribution in [0.25, 0.3) is 0 Å². The van der Waals surface area contributed by atoms with Crippen LogP contribution in [0, 0.1) is 5.92 Å². The number of benzene rings is 2. The smallest absolute Gasteiger partial charge is 0.193 e. The van der Waals surface area contributed by atoms with Gasteiger partial charge in [0.2, 0.25) is 0 Å². The molecule has 188 valence electrons. The second kappa shape index (κ2) is 12.7. The van der Waals surface area contributed by atoms with E-state index in [1.807, 2.05) is 74.5 Å².